The number of amides is 1. The molecule has 0 spiro atoms. The number of nitrogens with one attached hydrogen (secondary N) is 1. The topological polar surface area (TPSA) is 49.3 Å². The number of alkyl halides is 3. The van der Waals surface area contributed by atoms with Gasteiger partial charge >= 0.3 is 6.18 Å². The number of halogens is 3. The summed E-state index contributed by atoms with van der Waals surface area (Å²) in [6.45, 7) is -0.0415. The molecule has 0 saturated carbocycles. The van der Waals surface area contributed by atoms with Crippen LogP contribution in [-0.4, -0.2) is 23.3 Å². The predicted molar refractivity (Wildman–Crippen MR) is 91.2 cm³/mol. The molecule has 2 aromatic rings. The summed E-state index contributed by atoms with van der Waals surface area (Å²) in [5, 5.41) is 12.6. The van der Waals surface area contributed by atoms with E-state index in [0.717, 1.165) is 17.0 Å². The van der Waals surface area contributed by atoms with Crippen molar-refractivity contribution in [2.75, 3.05) is 12.3 Å². The molecule has 1 atom stereocenters. The van der Waals surface area contributed by atoms with E-state index in [1.54, 1.807) is 11.8 Å². The molecule has 7 heteroatoms. The average molecular weight is 369 g/mol. The molecule has 0 aliphatic rings. The smallest absolute Gasteiger partial charge is 0.387 e. The van der Waals surface area contributed by atoms with Gasteiger partial charge in [-0.25, -0.2) is 0 Å². The normalized spacial score (nSPS) is 12.6. The fraction of sp³-hybridized carbons (Fsp3) is 0.278. The largest absolute Gasteiger partial charge is 0.416 e. The highest BCUT2D eigenvalue weighted by molar-refractivity contribution is 7.99. The molecule has 2 rings (SSSR count). The zero-order valence-electron chi connectivity index (χ0n) is 13.3. The monoisotopic (exact) mass is 369 g/mol. The molecule has 0 heterocycles. The fourth-order valence-electron chi connectivity index (χ4n) is 2.09. The van der Waals surface area contributed by atoms with Gasteiger partial charge in [0.1, 0.15) is 0 Å². The molecule has 3 nitrogen and oxygen atoms in total. The van der Waals surface area contributed by atoms with E-state index in [4.69, 9.17) is 0 Å². The summed E-state index contributed by atoms with van der Waals surface area (Å²) in [5.74, 6) is 0.390. The number of aliphatic hydroxyl groups is 1. The maximum absolute atomic E-state index is 12.5. The van der Waals surface area contributed by atoms with Crippen LogP contribution in [0.25, 0.3) is 0 Å². The van der Waals surface area contributed by atoms with Crippen molar-refractivity contribution >= 4 is 17.7 Å². The fourth-order valence-corrected chi connectivity index (χ4v) is 2.96. The Balaban J connectivity index is 1.73. The van der Waals surface area contributed by atoms with Crippen LogP contribution in [-0.2, 0) is 11.0 Å². The molecule has 0 unspecified atom stereocenters. The lowest BCUT2D eigenvalue weighted by Crippen LogP contribution is -2.28. The first-order valence-electron chi connectivity index (χ1n) is 7.66. The van der Waals surface area contributed by atoms with E-state index < -0.39 is 17.8 Å². The van der Waals surface area contributed by atoms with Gasteiger partial charge in [0.2, 0.25) is 5.91 Å². The molecular weight excluding hydrogens is 351 g/mol. The Kier molecular flexibility index (Phi) is 6.90. The molecule has 0 radical (unpaired) electrons. The molecule has 0 fully saturated rings. The Bertz CT molecular complexity index is 675. The van der Waals surface area contributed by atoms with Crippen LogP contribution < -0.4 is 5.32 Å². The van der Waals surface area contributed by atoms with Crippen LogP contribution in [0.2, 0.25) is 0 Å². The van der Waals surface area contributed by atoms with E-state index >= 15 is 0 Å². The van der Waals surface area contributed by atoms with Crippen LogP contribution in [0.1, 0.15) is 23.7 Å². The maximum Gasteiger partial charge on any atom is 0.416 e. The number of hydrogen-bond acceptors (Lipinski definition) is 3. The molecule has 2 N–H and O–H groups in total. The number of rotatable bonds is 7. The molecule has 0 aromatic heterocycles. The Morgan fingerprint density at radius 2 is 1.72 bits per heavy atom. The van der Waals surface area contributed by atoms with Crippen LogP contribution in [0.15, 0.2) is 59.5 Å². The minimum atomic E-state index is -4.41. The van der Waals surface area contributed by atoms with Crippen molar-refractivity contribution in [3.8, 4) is 0 Å². The van der Waals surface area contributed by atoms with E-state index in [-0.39, 0.29) is 12.5 Å². The number of benzene rings is 2. The van der Waals surface area contributed by atoms with Crippen molar-refractivity contribution in [2.45, 2.75) is 23.6 Å². The second-order valence-electron chi connectivity index (χ2n) is 5.35. The van der Waals surface area contributed by atoms with E-state index in [0.29, 0.717) is 17.7 Å². The van der Waals surface area contributed by atoms with Gasteiger partial charge in [-0.1, -0.05) is 30.3 Å². The van der Waals surface area contributed by atoms with Gasteiger partial charge in [0.25, 0.3) is 0 Å². The summed E-state index contributed by atoms with van der Waals surface area (Å²) in [4.78, 5) is 12.8. The lowest BCUT2D eigenvalue weighted by molar-refractivity contribution is -0.137. The third kappa shape index (κ3) is 6.43. The minimum absolute atomic E-state index is 0.0415. The van der Waals surface area contributed by atoms with Gasteiger partial charge in [-0.05, 0) is 29.8 Å². The highest BCUT2D eigenvalue weighted by atomic mass is 32.2. The predicted octanol–water partition coefficient (Wildman–Crippen LogP) is 4.04. The molecule has 25 heavy (non-hydrogen) atoms. The molecule has 2 aromatic carbocycles. The summed E-state index contributed by atoms with van der Waals surface area (Å²) >= 11 is 1.55. The van der Waals surface area contributed by atoms with Crippen LogP contribution in [0, 0.1) is 0 Å². The summed E-state index contributed by atoms with van der Waals surface area (Å²) < 4.78 is 37.5. The van der Waals surface area contributed by atoms with Gasteiger partial charge in [-0.15, -0.1) is 11.8 Å². The van der Waals surface area contributed by atoms with E-state index in [1.807, 2.05) is 30.3 Å². The molecule has 1 amide bonds. The van der Waals surface area contributed by atoms with Crippen molar-refractivity contribution in [1.82, 2.24) is 5.32 Å². The first kappa shape index (κ1) is 19.3. The number of aliphatic hydroxyl groups excluding tert-OH is 1. The highest BCUT2D eigenvalue weighted by Gasteiger charge is 2.30. The number of carbonyl (C=O) groups is 1. The summed E-state index contributed by atoms with van der Waals surface area (Å²) in [6, 6.07) is 13.9. The Labute approximate surface area is 148 Å². The van der Waals surface area contributed by atoms with Gasteiger partial charge in [0.15, 0.2) is 0 Å². The second kappa shape index (κ2) is 8.92. The van der Waals surface area contributed by atoms with Gasteiger partial charge in [0, 0.05) is 23.6 Å². The molecule has 0 aliphatic carbocycles. The quantitative estimate of drug-likeness (QED) is 0.725. The van der Waals surface area contributed by atoms with Crippen molar-refractivity contribution < 1.29 is 23.1 Å². The standard InChI is InChI=1S/C18H18F3NO2S/c19-18(20,21)14-8-6-13(7-9-14)16(23)12-22-17(24)10-11-25-15-4-2-1-3-5-15/h1-9,16,23H,10-12H2,(H,22,24)/t16-/m0/s1. The van der Waals surface area contributed by atoms with Gasteiger partial charge < -0.3 is 10.4 Å². The van der Waals surface area contributed by atoms with Crippen molar-refractivity contribution in [3.63, 3.8) is 0 Å². The number of carbonyl (C=O) groups excluding carboxylic acids is 1. The third-order valence-electron chi connectivity index (χ3n) is 3.46. The molecule has 0 bridgehead atoms. The van der Waals surface area contributed by atoms with Crippen LogP contribution in [0.4, 0.5) is 13.2 Å². The molecule has 0 saturated heterocycles. The summed E-state index contributed by atoms with van der Waals surface area (Å²) in [6.07, 6.45) is -5.17. The SMILES string of the molecule is O=C(CCSc1ccccc1)NC[C@H](O)c1ccc(C(F)(F)F)cc1. The first-order valence-corrected chi connectivity index (χ1v) is 8.64. The minimum Gasteiger partial charge on any atom is -0.387 e. The molecular formula is C18H18F3NO2S. The molecule has 0 aliphatic heterocycles. The zero-order chi connectivity index (χ0) is 18.3. The number of thioether (sulfide) groups is 1. The Morgan fingerprint density at radius 3 is 2.32 bits per heavy atom. The Hall–Kier alpha value is -1.99. The van der Waals surface area contributed by atoms with E-state index in [9.17, 15) is 23.1 Å². The lowest BCUT2D eigenvalue weighted by Gasteiger charge is -2.13. The number of hydrogen-bond donors (Lipinski definition) is 2. The van der Waals surface area contributed by atoms with Gasteiger partial charge in [-0.3, -0.25) is 4.79 Å². The van der Waals surface area contributed by atoms with Gasteiger partial charge in [0.05, 0.1) is 11.7 Å². The molecule has 134 valence electrons. The van der Waals surface area contributed by atoms with Crippen molar-refractivity contribution in [3.05, 3.63) is 65.7 Å². The lowest BCUT2D eigenvalue weighted by atomic mass is 10.1. The maximum atomic E-state index is 12.5. The van der Waals surface area contributed by atoms with E-state index in [1.165, 1.54) is 12.1 Å². The third-order valence-corrected chi connectivity index (χ3v) is 4.47. The first-order chi connectivity index (χ1) is 11.9. The van der Waals surface area contributed by atoms with Crippen LogP contribution >= 0.6 is 11.8 Å². The second-order valence-corrected chi connectivity index (χ2v) is 6.52. The summed E-state index contributed by atoms with van der Waals surface area (Å²) in [7, 11) is 0. The summed E-state index contributed by atoms with van der Waals surface area (Å²) in [5.41, 5.74) is -0.447. The van der Waals surface area contributed by atoms with Crippen molar-refractivity contribution in [1.29, 1.82) is 0 Å². The van der Waals surface area contributed by atoms with Crippen molar-refractivity contribution in [2.24, 2.45) is 0 Å². The average Bonchev–Trinajstić information content (AvgIpc) is 2.60. The van der Waals surface area contributed by atoms with Gasteiger partial charge in [-0.2, -0.15) is 13.2 Å². The Morgan fingerprint density at radius 1 is 1.08 bits per heavy atom. The van der Waals surface area contributed by atoms with Crippen LogP contribution in [0.3, 0.4) is 0 Å². The zero-order valence-corrected chi connectivity index (χ0v) is 14.1. The highest BCUT2D eigenvalue weighted by Crippen LogP contribution is 2.29. The van der Waals surface area contributed by atoms with E-state index in [2.05, 4.69) is 5.32 Å². The van der Waals surface area contributed by atoms with Crippen LogP contribution in [0.5, 0.6) is 0 Å².